The lowest BCUT2D eigenvalue weighted by atomic mass is 10.2. The molecule has 0 aromatic heterocycles. The molecule has 0 fully saturated rings. The van der Waals surface area contributed by atoms with Crippen LogP contribution < -0.4 is 0 Å². The van der Waals surface area contributed by atoms with Crippen molar-refractivity contribution in [1.82, 2.24) is 4.90 Å². The first-order chi connectivity index (χ1) is 5.92. The van der Waals surface area contributed by atoms with Crippen molar-refractivity contribution in [3.8, 4) is 0 Å². The first-order valence-corrected chi connectivity index (χ1v) is 5.94. The van der Waals surface area contributed by atoms with Gasteiger partial charge >= 0.3 is 0 Å². The Labute approximate surface area is 80.7 Å². The molecule has 0 aromatic carbocycles. The van der Waals surface area contributed by atoms with Crippen molar-refractivity contribution in [2.75, 3.05) is 26.4 Å². The molecule has 0 amide bonds. The van der Waals surface area contributed by atoms with Crippen LogP contribution in [0, 0.1) is 6.42 Å². The van der Waals surface area contributed by atoms with Gasteiger partial charge in [0.05, 0.1) is 5.75 Å². The number of rotatable bonds is 7. The molecule has 1 radical (unpaired) electrons. The second-order valence-electron chi connectivity index (χ2n) is 3.31. The lowest BCUT2D eigenvalue weighted by molar-refractivity contribution is 0.409. The van der Waals surface area contributed by atoms with E-state index in [4.69, 9.17) is 4.55 Å². The third kappa shape index (κ3) is 11.9. The molecule has 0 aliphatic rings. The van der Waals surface area contributed by atoms with Gasteiger partial charge in [0.2, 0.25) is 0 Å². The van der Waals surface area contributed by atoms with Crippen molar-refractivity contribution >= 4 is 10.1 Å². The molecule has 5 heteroatoms. The number of hydrogen-bond donors (Lipinski definition) is 1. The molecule has 4 nitrogen and oxygen atoms in total. The first-order valence-electron chi connectivity index (χ1n) is 4.33. The molecule has 0 aliphatic heterocycles. The van der Waals surface area contributed by atoms with Crippen LogP contribution in [0.25, 0.3) is 0 Å². The van der Waals surface area contributed by atoms with Crippen LogP contribution in [-0.2, 0) is 10.1 Å². The highest BCUT2D eigenvalue weighted by atomic mass is 32.2. The normalized spacial score (nSPS) is 12.3. The van der Waals surface area contributed by atoms with Crippen molar-refractivity contribution in [2.45, 2.75) is 19.3 Å². The summed E-state index contributed by atoms with van der Waals surface area (Å²) in [6, 6.07) is 0. The second-order valence-corrected chi connectivity index (χ2v) is 4.88. The predicted molar refractivity (Wildman–Crippen MR) is 53.1 cm³/mol. The molecular weight excluding hydrogens is 190 g/mol. The smallest absolute Gasteiger partial charge is 0.264 e. The van der Waals surface area contributed by atoms with Crippen molar-refractivity contribution in [3.05, 3.63) is 6.42 Å². The molecule has 0 rings (SSSR count). The SMILES string of the molecule is CN(C)CC[CH]CCCS(=O)(=O)O. The highest BCUT2D eigenvalue weighted by Crippen LogP contribution is 2.00. The van der Waals surface area contributed by atoms with Crippen LogP contribution in [0.5, 0.6) is 0 Å². The molecule has 0 spiro atoms. The Morgan fingerprint density at radius 3 is 2.38 bits per heavy atom. The number of hydrogen-bond acceptors (Lipinski definition) is 3. The topological polar surface area (TPSA) is 57.6 Å². The molecular formula is C8H18NO3S. The maximum atomic E-state index is 10.3. The Hall–Kier alpha value is -0.130. The van der Waals surface area contributed by atoms with Gasteiger partial charge < -0.3 is 4.90 Å². The van der Waals surface area contributed by atoms with Gasteiger partial charge in [0, 0.05) is 0 Å². The zero-order valence-electron chi connectivity index (χ0n) is 8.23. The van der Waals surface area contributed by atoms with Crippen LogP contribution in [0.15, 0.2) is 0 Å². The molecule has 0 atom stereocenters. The zero-order valence-corrected chi connectivity index (χ0v) is 9.05. The van der Waals surface area contributed by atoms with Crippen molar-refractivity contribution in [3.63, 3.8) is 0 Å². The summed E-state index contributed by atoms with van der Waals surface area (Å²) in [6.07, 6.45) is 4.25. The van der Waals surface area contributed by atoms with E-state index in [1.165, 1.54) is 0 Å². The summed E-state index contributed by atoms with van der Waals surface area (Å²) in [6.45, 7) is 0.978. The monoisotopic (exact) mass is 208 g/mol. The Balaban J connectivity index is 3.18. The first kappa shape index (κ1) is 12.9. The molecule has 1 N–H and O–H groups in total. The van der Waals surface area contributed by atoms with Gasteiger partial charge in [0.15, 0.2) is 0 Å². The van der Waals surface area contributed by atoms with E-state index in [1.807, 2.05) is 20.5 Å². The molecule has 0 unspecified atom stereocenters. The standard InChI is InChI=1S/C8H18NO3S/c1-9(2)7-5-3-4-6-8-13(10,11)12/h3H,4-8H2,1-2H3,(H,10,11,12). The van der Waals surface area contributed by atoms with E-state index in [-0.39, 0.29) is 5.75 Å². The van der Waals surface area contributed by atoms with E-state index >= 15 is 0 Å². The summed E-state index contributed by atoms with van der Waals surface area (Å²) in [7, 11) is 0.226. The average Bonchev–Trinajstić information content (AvgIpc) is 1.93. The van der Waals surface area contributed by atoms with Gasteiger partial charge in [0.1, 0.15) is 0 Å². The summed E-state index contributed by atoms with van der Waals surface area (Å²) in [4.78, 5) is 2.07. The van der Waals surface area contributed by atoms with Crippen LogP contribution in [0.2, 0.25) is 0 Å². The van der Waals surface area contributed by atoms with Gasteiger partial charge in [-0.15, -0.1) is 0 Å². The van der Waals surface area contributed by atoms with E-state index in [2.05, 4.69) is 4.90 Å². The summed E-state index contributed by atoms with van der Waals surface area (Å²) >= 11 is 0. The van der Waals surface area contributed by atoms with Gasteiger partial charge in [-0.25, -0.2) is 0 Å². The molecule has 0 aromatic rings. The predicted octanol–water partition coefficient (Wildman–Crippen LogP) is 0.810. The van der Waals surface area contributed by atoms with Crippen molar-refractivity contribution in [2.24, 2.45) is 0 Å². The lowest BCUT2D eigenvalue weighted by Gasteiger charge is -2.07. The van der Waals surface area contributed by atoms with E-state index in [9.17, 15) is 8.42 Å². The third-order valence-corrected chi connectivity index (χ3v) is 2.40. The Kier molecular flexibility index (Phi) is 6.28. The second kappa shape index (κ2) is 6.34. The third-order valence-electron chi connectivity index (χ3n) is 1.59. The van der Waals surface area contributed by atoms with Gasteiger partial charge in [0.25, 0.3) is 10.1 Å². The molecule has 79 valence electrons. The quantitative estimate of drug-likeness (QED) is 0.497. The largest absolute Gasteiger partial charge is 0.309 e. The van der Waals surface area contributed by atoms with E-state index in [1.54, 1.807) is 0 Å². The summed E-state index contributed by atoms with van der Waals surface area (Å²) in [5, 5.41) is 0. The fourth-order valence-corrected chi connectivity index (χ4v) is 1.44. The van der Waals surface area contributed by atoms with Gasteiger partial charge in [-0.05, 0) is 46.3 Å². The fourth-order valence-electron chi connectivity index (χ4n) is 0.904. The molecule has 0 aliphatic carbocycles. The number of unbranched alkanes of at least 4 members (excludes halogenated alkanes) is 3. The van der Waals surface area contributed by atoms with E-state index in [0.717, 1.165) is 19.4 Å². The maximum Gasteiger partial charge on any atom is 0.264 e. The average molecular weight is 208 g/mol. The van der Waals surface area contributed by atoms with Crippen LogP contribution >= 0.6 is 0 Å². The van der Waals surface area contributed by atoms with E-state index < -0.39 is 10.1 Å². The Bertz CT molecular complexity index is 211. The lowest BCUT2D eigenvalue weighted by Crippen LogP contribution is -2.13. The maximum absolute atomic E-state index is 10.3. The molecule has 0 heterocycles. The minimum absolute atomic E-state index is 0.133. The fraction of sp³-hybridized carbons (Fsp3) is 0.875. The van der Waals surface area contributed by atoms with Crippen molar-refractivity contribution in [1.29, 1.82) is 0 Å². The van der Waals surface area contributed by atoms with Gasteiger partial charge in [-0.3, -0.25) is 4.55 Å². The summed E-state index contributed by atoms with van der Waals surface area (Å²) < 4.78 is 29.0. The number of nitrogens with zero attached hydrogens (tertiary/aromatic N) is 1. The van der Waals surface area contributed by atoms with Crippen molar-refractivity contribution < 1.29 is 13.0 Å². The van der Waals surface area contributed by atoms with Crippen LogP contribution in [-0.4, -0.2) is 44.3 Å². The van der Waals surface area contributed by atoms with Crippen LogP contribution in [0.3, 0.4) is 0 Å². The molecule has 0 saturated heterocycles. The minimum atomic E-state index is -3.76. The van der Waals surface area contributed by atoms with Gasteiger partial charge in [-0.1, -0.05) is 0 Å². The van der Waals surface area contributed by atoms with Crippen LogP contribution in [0.4, 0.5) is 0 Å². The van der Waals surface area contributed by atoms with Crippen LogP contribution in [0.1, 0.15) is 19.3 Å². The van der Waals surface area contributed by atoms with E-state index in [0.29, 0.717) is 6.42 Å². The summed E-state index contributed by atoms with van der Waals surface area (Å²) in [5.74, 6) is -0.133. The highest BCUT2D eigenvalue weighted by molar-refractivity contribution is 7.85. The molecule has 13 heavy (non-hydrogen) atoms. The Morgan fingerprint density at radius 2 is 1.92 bits per heavy atom. The molecule has 0 saturated carbocycles. The highest BCUT2D eigenvalue weighted by Gasteiger charge is 2.02. The Morgan fingerprint density at radius 1 is 1.31 bits per heavy atom. The zero-order chi connectivity index (χ0) is 10.3. The minimum Gasteiger partial charge on any atom is -0.309 e. The summed E-state index contributed by atoms with van der Waals surface area (Å²) in [5.41, 5.74) is 0. The van der Waals surface area contributed by atoms with Gasteiger partial charge in [-0.2, -0.15) is 8.42 Å². The molecule has 0 bridgehead atoms.